The van der Waals surface area contributed by atoms with Crippen LogP contribution in [0.25, 0.3) is 10.4 Å². The fourth-order valence-electron chi connectivity index (χ4n) is 1.04. The molecule has 0 amide bonds. The van der Waals surface area contributed by atoms with E-state index < -0.39 is 24.3 Å². The highest BCUT2D eigenvalue weighted by Crippen LogP contribution is 2.19. The third kappa shape index (κ3) is 2.42. The number of aliphatic hydroxyl groups is 1. The van der Waals surface area contributed by atoms with Crippen molar-refractivity contribution in [3.8, 4) is 0 Å². The highest BCUT2D eigenvalue weighted by Gasteiger charge is 2.10. The Morgan fingerprint density at radius 2 is 1.93 bits per heavy atom. The largest absolute Gasteiger partial charge is 0.396 e. The molecule has 0 fully saturated rings. The number of azide groups is 1. The predicted molar refractivity (Wildman–Crippen MR) is 45.3 cm³/mol. The van der Waals surface area contributed by atoms with E-state index in [0.717, 1.165) is 12.1 Å². The minimum atomic E-state index is -0.954. The van der Waals surface area contributed by atoms with Crippen LogP contribution in [0.3, 0.4) is 0 Å². The van der Waals surface area contributed by atoms with Crippen molar-refractivity contribution in [1.82, 2.24) is 0 Å². The Morgan fingerprint density at radius 1 is 1.36 bits per heavy atom. The lowest BCUT2D eigenvalue weighted by Gasteiger charge is -2.07. The molecule has 0 radical (unpaired) electrons. The Kier molecular flexibility index (Phi) is 3.39. The SMILES string of the molecule is [N-]=[N+]=NC(CO)c1cc(F)cc(F)c1. The summed E-state index contributed by atoms with van der Waals surface area (Å²) in [5, 5.41) is 12.0. The molecule has 0 spiro atoms. The summed E-state index contributed by atoms with van der Waals surface area (Å²) in [7, 11) is 0. The molecule has 0 aromatic heterocycles. The molecule has 0 aliphatic rings. The molecule has 4 nitrogen and oxygen atoms in total. The van der Waals surface area contributed by atoms with Crippen LogP contribution < -0.4 is 0 Å². The van der Waals surface area contributed by atoms with E-state index in [-0.39, 0.29) is 5.56 Å². The molecule has 1 aromatic rings. The van der Waals surface area contributed by atoms with Gasteiger partial charge in [0.15, 0.2) is 0 Å². The van der Waals surface area contributed by atoms with Gasteiger partial charge in [0.2, 0.25) is 0 Å². The van der Waals surface area contributed by atoms with Gasteiger partial charge in [-0.15, -0.1) is 0 Å². The molecular weight excluding hydrogens is 192 g/mol. The second-order valence-electron chi connectivity index (χ2n) is 2.61. The quantitative estimate of drug-likeness (QED) is 0.453. The van der Waals surface area contributed by atoms with Crippen LogP contribution >= 0.6 is 0 Å². The fraction of sp³-hybridized carbons (Fsp3) is 0.250. The first-order valence-corrected chi connectivity index (χ1v) is 3.78. The zero-order valence-corrected chi connectivity index (χ0v) is 7.06. The fourth-order valence-corrected chi connectivity index (χ4v) is 1.04. The Labute approximate surface area is 78.4 Å². The van der Waals surface area contributed by atoms with Crippen LogP contribution in [-0.2, 0) is 0 Å². The van der Waals surface area contributed by atoms with E-state index in [1.807, 2.05) is 0 Å². The van der Waals surface area contributed by atoms with Crippen molar-refractivity contribution in [3.63, 3.8) is 0 Å². The molecule has 0 heterocycles. The molecule has 0 saturated carbocycles. The molecule has 0 bridgehead atoms. The molecule has 0 aliphatic carbocycles. The van der Waals surface area contributed by atoms with Crippen molar-refractivity contribution in [1.29, 1.82) is 0 Å². The highest BCUT2D eigenvalue weighted by molar-refractivity contribution is 5.21. The summed E-state index contributed by atoms with van der Waals surface area (Å²) < 4.78 is 25.4. The van der Waals surface area contributed by atoms with E-state index in [2.05, 4.69) is 10.0 Å². The van der Waals surface area contributed by atoms with Crippen molar-refractivity contribution in [3.05, 3.63) is 45.8 Å². The van der Waals surface area contributed by atoms with Crippen LogP contribution in [0.15, 0.2) is 23.3 Å². The smallest absolute Gasteiger partial charge is 0.126 e. The van der Waals surface area contributed by atoms with Crippen molar-refractivity contribution in [2.45, 2.75) is 6.04 Å². The van der Waals surface area contributed by atoms with Crippen LogP contribution in [0.4, 0.5) is 8.78 Å². The molecular formula is C8H7F2N3O. The second-order valence-corrected chi connectivity index (χ2v) is 2.61. The number of hydrogen-bond donors (Lipinski definition) is 1. The lowest BCUT2D eigenvalue weighted by molar-refractivity contribution is 0.267. The van der Waals surface area contributed by atoms with Crippen LogP contribution in [0, 0.1) is 11.6 Å². The van der Waals surface area contributed by atoms with Gasteiger partial charge in [-0.05, 0) is 23.2 Å². The van der Waals surface area contributed by atoms with Crippen LogP contribution in [0.2, 0.25) is 0 Å². The zero-order valence-electron chi connectivity index (χ0n) is 7.06. The molecule has 1 rings (SSSR count). The van der Waals surface area contributed by atoms with Gasteiger partial charge in [-0.2, -0.15) is 0 Å². The van der Waals surface area contributed by atoms with Gasteiger partial charge in [-0.25, -0.2) is 8.78 Å². The Bertz CT molecular complexity index is 357. The molecule has 6 heteroatoms. The Balaban J connectivity index is 3.09. The molecule has 14 heavy (non-hydrogen) atoms. The summed E-state index contributed by atoms with van der Waals surface area (Å²) in [6, 6.07) is 1.77. The van der Waals surface area contributed by atoms with E-state index in [1.165, 1.54) is 0 Å². The molecule has 74 valence electrons. The predicted octanol–water partition coefficient (Wildman–Crippen LogP) is 2.31. The van der Waals surface area contributed by atoms with Crippen molar-refractivity contribution in [2.24, 2.45) is 5.11 Å². The average Bonchev–Trinajstić information content (AvgIpc) is 2.12. The maximum atomic E-state index is 12.7. The first kappa shape index (κ1) is 10.4. The lowest BCUT2D eigenvalue weighted by atomic mass is 10.1. The summed E-state index contributed by atoms with van der Waals surface area (Å²) in [5.41, 5.74) is 8.24. The third-order valence-corrected chi connectivity index (χ3v) is 1.63. The topological polar surface area (TPSA) is 69.0 Å². The van der Waals surface area contributed by atoms with Gasteiger partial charge in [0.25, 0.3) is 0 Å². The van der Waals surface area contributed by atoms with Gasteiger partial charge in [0, 0.05) is 11.0 Å². The van der Waals surface area contributed by atoms with Crippen LogP contribution in [0.1, 0.15) is 11.6 Å². The van der Waals surface area contributed by atoms with E-state index in [9.17, 15) is 8.78 Å². The van der Waals surface area contributed by atoms with E-state index in [4.69, 9.17) is 10.6 Å². The first-order valence-electron chi connectivity index (χ1n) is 3.78. The molecule has 0 aliphatic heterocycles. The van der Waals surface area contributed by atoms with Crippen LogP contribution in [0.5, 0.6) is 0 Å². The van der Waals surface area contributed by atoms with E-state index in [1.54, 1.807) is 0 Å². The Morgan fingerprint density at radius 3 is 2.36 bits per heavy atom. The minimum absolute atomic E-state index is 0.114. The maximum Gasteiger partial charge on any atom is 0.126 e. The molecule has 1 unspecified atom stereocenters. The molecule has 0 saturated heterocycles. The molecule has 1 atom stereocenters. The molecule has 1 N–H and O–H groups in total. The Hall–Kier alpha value is -1.65. The molecule has 1 aromatic carbocycles. The minimum Gasteiger partial charge on any atom is -0.396 e. The van der Waals surface area contributed by atoms with Crippen LogP contribution in [-0.4, -0.2) is 11.7 Å². The zero-order chi connectivity index (χ0) is 10.6. The van der Waals surface area contributed by atoms with Crippen molar-refractivity contribution in [2.75, 3.05) is 6.61 Å². The lowest BCUT2D eigenvalue weighted by Crippen LogP contribution is -2.01. The summed E-state index contributed by atoms with van der Waals surface area (Å²) in [5.74, 6) is -1.54. The summed E-state index contributed by atoms with van der Waals surface area (Å²) >= 11 is 0. The number of rotatable bonds is 3. The summed E-state index contributed by atoms with van der Waals surface area (Å²) in [4.78, 5) is 2.46. The van der Waals surface area contributed by atoms with E-state index >= 15 is 0 Å². The third-order valence-electron chi connectivity index (χ3n) is 1.63. The van der Waals surface area contributed by atoms with Gasteiger partial charge in [0.05, 0.1) is 12.6 Å². The van der Waals surface area contributed by atoms with Gasteiger partial charge in [0.1, 0.15) is 11.6 Å². The second kappa shape index (κ2) is 4.55. The highest BCUT2D eigenvalue weighted by atomic mass is 19.1. The van der Waals surface area contributed by atoms with Gasteiger partial charge < -0.3 is 5.11 Å². The van der Waals surface area contributed by atoms with E-state index in [0.29, 0.717) is 6.07 Å². The van der Waals surface area contributed by atoms with Gasteiger partial charge >= 0.3 is 0 Å². The van der Waals surface area contributed by atoms with Gasteiger partial charge in [-0.1, -0.05) is 5.11 Å². The monoisotopic (exact) mass is 199 g/mol. The summed E-state index contributed by atoms with van der Waals surface area (Å²) in [6.07, 6.45) is 0. The standard InChI is InChI=1S/C8H7F2N3O/c9-6-1-5(2-7(10)3-6)8(4-14)12-13-11/h1-3,8,14H,4H2. The van der Waals surface area contributed by atoms with Gasteiger partial charge in [-0.3, -0.25) is 0 Å². The number of hydrogen-bond acceptors (Lipinski definition) is 2. The normalized spacial score (nSPS) is 11.9. The summed E-state index contributed by atoms with van der Waals surface area (Å²) in [6.45, 7) is -0.493. The number of halogens is 2. The van der Waals surface area contributed by atoms with Crippen molar-refractivity contribution < 1.29 is 13.9 Å². The number of benzene rings is 1. The average molecular weight is 199 g/mol. The first-order chi connectivity index (χ1) is 6.67. The maximum absolute atomic E-state index is 12.7. The number of nitrogens with zero attached hydrogens (tertiary/aromatic N) is 3. The number of aliphatic hydroxyl groups excluding tert-OH is 1. The van der Waals surface area contributed by atoms with Crippen molar-refractivity contribution >= 4 is 0 Å².